The second-order valence-corrected chi connectivity index (χ2v) is 1.79. The predicted molar refractivity (Wildman–Crippen MR) is 45.4 cm³/mol. The molecule has 0 aliphatic rings. The lowest BCUT2D eigenvalue weighted by atomic mass is 10.4. The Morgan fingerprint density at radius 3 is 2.45 bits per heavy atom. The lowest BCUT2D eigenvalue weighted by molar-refractivity contribution is 0.950. The summed E-state index contributed by atoms with van der Waals surface area (Å²) in [5, 5.41) is 5.86. The Hall–Kier alpha value is -1.32. The Kier molecular flexibility index (Phi) is 3.95. The van der Waals surface area contributed by atoms with Crippen molar-refractivity contribution in [2.24, 2.45) is 0 Å². The first-order valence-corrected chi connectivity index (χ1v) is 3.52. The maximum atomic E-state index is 10.5. The fraction of sp³-hybridized carbons (Fsp3) is 0.429. The third kappa shape index (κ3) is 2.84. The van der Waals surface area contributed by atoms with Gasteiger partial charge in [-0.3, -0.25) is 4.79 Å². The molecule has 1 rings (SSSR count). The van der Waals surface area contributed by atoms with Crippen molar-refractivity contribution in [3.05, 3.63) is 22.1 Å². The third-order valence-electron chi connectivity index (χ3n) is 0.960. The maximum absolute atomic E-state index is 10.5. The van der Waals surface area contributed by atoms with Gasteiger partial charge in [0.05, 0.1) is 5.69 Å². The van der Waals surface area contributed by atoms with Crippen LogP contribution in [0.25, 0.3) is 0 Å². The van der Waals surface area contributed by atoms with E-state index in [2.05, 4.69) is 10.2 Å². The van der Waals surface area contributed by atoms with Crippen molar-refractivity contribution < 1.29 is 0 Å². The zero-order valence-electron chi connectivity index (χ0n) is 7.01. The Balaban J connectivity index is 0.000000461. The van der Waals surface area contributed by atoms with Crippen LogP contribution in [0.4, 0.5) is 5.69 Å². The first kappa shape index (κ1) is 9.68. The van der Waals surface area contributed by atoms with Crippen molar-refractivity contribution in [2.45, 2.75) is 20.8 Å². The Bertz CT molecular complexity index is 267. The smallest absolute Gasteiger partial charge is 0.287 e. The number of aryl methyl sites for hydroxylation is 1. The van der Waals surface area contributed by atoms with Crippen molar-refractivity contribution in [2.75, 3.05) is 5.73 Å². The highest BCUT2D eigenvalue weighted by Gasteiger charge is 1.91. The molecule has 0 radical (unpaired) electrons. The Morgan fingerprint density at radius 2 is 2.09 bits per heavy atom. The van der Waals surface area contributed by atoms with Gasteiger partial charge in [0, 0.05) is 0 Å². The molecular formula is C7H13N3O. The molecule has 0 aromatic carbocycles. The molecular weight excluding hydrogens is 142 g/mol. The average Bonchev–Trinajstić information content (AvgIpc) is 2.02. The van der Waals surface area contributed by atoms with Crippen LogP contribution in [0.3, 0.4) is 0 Å². The van der Waals surface area contributed by atoms with Gasteiger partial charge >= 0.3 is 0 Å². The topological polar surface area (TPSA) is 71.8 Å². The molecule has 4 nitrogen and oxygen atoms in total. The van der Waals surface area contributed by atoms with Crippen molar-refractivity contribution >= 4 is 5.69 Å². The number of nitrogen functional groups attached to an aromatic ring is 1. The molecule has 0 amide bonds. The summed E-state index contributed by atoms with van der Waals surface area (Å²) < 4.78 is 0. The molecule has 1 heterocycles. The fourth-order valence-corrected chi connectivity index (χ4v) is 0.526. The van der Waals surface area contributed by atoms with E-state index < -0.39 is 0 Å². The van der Waals surface area contributed by atoms with E-state index in [1.165, 1.54) is 6.07 Å². The summed E-state index contributed by atoms with van der Waals surface area (Å²) in [5.41, 5.74) is 5.83. The van der Waals surface area contributed by atoms with Gasteiger partial charge in [-0.15, -0.1) is 0 Å². The average molecular weight is 155 g/mol. The minimum Gasteiger partial charge on any atom is -0.394 e. The molecule has 62 valence electrons. The molecule has 11 heavy (non-hydrogen) atoms. The van der Waals surface area contributed by atoms with Gasteiger partial charge < -0.3 is 5.73 Å². The standard InChI is InChI=1S/C5H7N3O.C2H6/c1-3-2-4(6)5(9)8-7-3;1-2/h2H,1H3,(H2,6,7)(H,8,9);1-2H3. The van der Waals surface area contributed by atoms with Gasteiger partial charge in [0.15, 0.2) is 0 Å². The van der Waals surface area contributed by atoms with E-state index in [-0.39, 0.29) is 11.2 Å². The molecule has 0 saturated carbocycles. The summed E-state index contributed by atoms with van der Waals surface area (Å²) in [4.78, 5) is 10.5. The molecule has 0 fully saturated rings. The molecule has 4 heteroatoms. The van der Waals surface area contributed by atoms with Crippen molar-refractivity contribution in [1.29, 1.82) is 0 Å². The van der Waals surface area contributed by atoms with Crippen LogP contribution in [0.2, 0.25) is 0 Å². The highest BCUT2D eigenvalue weighted by atomic mass is 16.1. The first-order chi connectivity index (χ1) is 5.20. The lowest BCUT2D eigenvalue weighted by Crippen LogP contribution is -2.13. The van der Waals surface area contributed by atoms with Crippen LogP contribution < -0.4 is 11.3 Å². The maximum Gasteiger partial charge on any atom is 0.287 e. The van der Waals surface area contributed by atoms with Gasteiger partial charge in [0.1, 0.15) is 5.69 Å². The number of nitrogens with zero attached hydrogens (tertiary/aromatic N) is 1. The summed E-state index contributed by atoms with van der Waals surface area (Å²) in [5.74, 6) is 0. The number of aromatic amines is 1. The van der Waals surface area contributed by atoms with Gasteiger partial charge in [-0.1, -0.05) is 13.8 Å². The second-order valence-electron chi connectivity index (χ2n) is 1.79. The molecule has 1 aromatic rings. The van der Waals surface area contributed by atoms with Crippen molar-refractivity contribution in [3.63, 3.8) is 0 Å². The summed E-state index contributed by atoms with van der Waals surface area (Å²) >= 11 is 0. The van der Waals surface area contributed by atoms with Crippen LogP contribution in [-0.2, 0) is 0 Å². The van der Waals surface area contributed by atoms with Gasteiger partial charge in [-0.05, 0) is 13.0 Å². The molecule has 0 unspecified atom stereocenters. The molecule has 0 spiro atoms. The van der Waals surface area contributed by atoms with E-state index in [1.807, 2.05) is 13.8 Å². The van der Waals surface area contributed by atoms with Gasteiger partial charge in [0.2, 0.25) is 0 Å². The minimum atomic E-state index is -0.333. The molecule has 0 saturated heterocycles. The van der Waals surface area contributed by atoms with Crippen LogP contribution in [0.5, 0.6) is 0 Å². The zero-order chi connectivity index (χ0) is 8.85. The molecule has 0 bridgehead atoms. The molecule has 1 aromatic heterocycles. The largest absolute Gasteiger partial charge is 0.394 e. The number of nitrogens with one attached hydrogen (secondary N) is 1. The van der Waals surface area contributed by atoms with E-state index in [0.717, 1.165) is 0 Å². The third-order valence-corrected chi connectivity index (χ3v) is 0.960. The van der Waals surface area contributed by atoms with Gasteiger partial charge in [-0.25, -0.2) is 5.10 Å². The lowest BCUT2D eigenvalue weighted by Gasteiger charge is -1.90. The molecule has 0 aliphatic carbocycles. The fourth-order valence-electron chi connectivity index (χ4n) is 0.526. The van der Waals surface area contributed by atoms with Crippen molar-refractivity contribution in [3.8, 4) is 0 Å². The summed E-state index contributed by atoms with van der Waals surface area (Å²) in [7, 11) is 0. The number of hydrogen-bond donors (Lipinski definition) is 2. The number of anilines is 1. The number of aromatic nitrogens is 2. The highest BCUT2D eigenvalue weighted by Crippen LogP contribution is 1.90. The van der Waals surface area contributed by atoms with E-state index in [0.29, 0.717) is 5.69 Å². The monoisotopic (exact) mass is 155 g/mol. The van der Waals surface area contributed by atoms with Crippen LogP contribution in [0.1, 0.15) is 19.5 Å². The van der Waals surface area contributed by atoms with Crippen LogP contribution in [0.15, 0.2) is 10.9 Å². The van der Waals surface area contributed by atoms with Crippen LogP contribution >= 0.6 is 0 Å². The van der Waals surface area contributed by atoms with Crippen LogP contribution in [-0.4, -0.2) is 10.2 Å². The number of nitrogens with two attached hydrogens (primary N) is 1. The normalized spacial score (nSPS) is 8.27. The van der Waals surface area contributed by atoms with Crippen molar-refractivity contribution in [1.82, 2.24) is 10.2 Å². The van der Waals surface area contributed by atoms with Gasteiger partial charge in [0.25, 0.3) is 5.56 Å². The Labute approximate surface area is 65.4 Å². The van der Waals surface area contributed by atoms with Crippen LogP contribution in [0, 0.1) is 6.92 Å². The minimum absolute atomic E-state index is 0.211. The number of hydrogen-bond acceptors (Lipinski definition) is 3. The molecule has 0 atom stereocenters. The summed E-state index contributed by atoms with van der Waals surface area (Å²) in [6.45, 7) is 5.76. The summed E-state index contributed by atoms with van der Waals surface area (Å²) in [6.07, 6.45) is 0. The molecule has 0 aliphatic heterocycles. The van der Waals surface area contributed by atoms with E-state index >= 15 is 0 Å². The zero-order valence-corrected chi connectivity index (χ0v) is 7.01. The highest BCUT2D eigenvalue weighted by molar-refractivity contribution is 5.33. The predicted octanol–water partition coefficient (Wildman–Crippen LogP) is 0.687. The number of rotatable bonds is 0. The second kappa shape index (κ2) is 4.49. The number of H-pyrrole nitrogens is 1. The quantitative estimate of drug-likeness (QED) is 0.579. The SMILES string of the molecule is CC.Cc1cc(N)c(=O)[nH]n1. The van der Waals surface area contributed by atoms with E-state index in [9.17, 15) is 4.79 Å². The van der Waals surface area contributed by atoms with E-state index in [1.54, 1.807) is 6.92 Å². The molecule has 3 N–H and O–H groups in total. The van der Waals surface area contributed by atoms with Gasteiger partial charge in [-0.2, -0.15) is 5.10 Å². The summed E-state index contributed by atoms with van der Waals surface area (Å²) in [6, 6.07) is 1.53. The van der Waals surface area contributed by atoms with E-state index in [4.69, 9.17) is 5.73 Å². The first-order valence-electron chi connectivity index (χ1n) is 3.52. The Morgan fingerprint density at radius 1 is 1.55 bits per heavy atom.